The van der Waals surface area contributed by atoms with Gasteiger partial charge in [0.25, 0.3) is 6.01 Å². The van der Waals surface area contributed by atoms with E-state index in [2.05, 4.69) is 28.7 Å². The number of oxazole rings is 1. The molecule has 0 radical (unpaired) electrons. The summed E-state index contributed by atoms with van der Waals surface area (Å²) in [4.78, 5) is 25.5. The van der Waals surface area contributed by atoms with Crippen LogP contribution in [0.15, 0.2) is 33.3 Å². The summed E-state index contributed by atoms with van der Waals surface area (Å²) in [6.45, 7) is 6.81. The van der Waals surface area contributed by atoms with Crippen LogP contribution in [0.5, 0.6) is 0 Å². The van der Waals surface area contributed by atoms with E-state index < -0.39 is 0 Å². The van der Waals surface area contributed by atoms with Crippen LogP contribution in [0.3, 0.4) is 0 Å². The molecule has 3 heterocycles. The molecular formula is C18H20Cl2N4O2. The number of aromatic nitrogens is 2. The molecule has 0 bridgehead atoms. The lowest BCUT2D eigenvalue weighted by Crippen LogP contribution is -2.49. The number of piperazine rings is 1. The Morgan fingerprint density at radius 1 is 1.31 bits per heavy atom. The van der Waals surface area contributed by atoms with Crippen molar-refractivity contribution >= 4 is 46.4 Å². The summed E-state index contributed by atoms with van der Waals surface area (Å²) in [5.41, 5.74) is 1.18. The molecule has 1 aliphatic carbocycles. The molecule has 1 aliphatic heterocycles. The van der Waals surface area contributed by atoms with E-state index in [0.29, 0.717) is 37.9 Å². The molecule has 0 aromatic carbocycles. The zero-order valence-electron chi connectivity index (χ0n) is 14.7. The largest absolute Gasteiger partial charge is 0.404 e. The van der Waals surface area contributed by atoms with E-state index in [-0.39, 0.29) is 27.6 Å². The SMILES string of the molecule is CC1(C)[C@H](C=C(Cl)Cl)[C@@H]1C(=O)N1CCN(c2nc3cccnc3o2)CC1. The summed E-state index contributed by atoms with van der Waals surface area (Å²) in [5, 5.41) is 0. The van der Waals surface area contributed by atoms with Crippen molar-refractivity contribution in [2.75, 3.05) is 31.1 Å². The van der Waals surface area contributed by atoms with E-state index in [1.807, 2.05) is 17.0 Å². The average Bonchev–Trinajstić information content (AvgIpc) is 2.96. The number of carbonyl (C=O) groups excluding carboxylic acids is 1. The lowest BCUT2D eigenvalue weighted by molar-refractivity contribution is -0.133. The number of anilines is 1. The maximum absolute atomic E-state index is 12.9. The maximum atomic E-state index is 12.9. The van der Waals surface area contributed by atoms with Gasteiger partial charge in [-0.25, -0.2) is 4.98 Å². The third kappa shape index (κ3) is 3.05. The molecule has 0 N–H and O–H groups in total. The molecule has 0 spiro atoms. The molecule has 1 amide bonds. The lowest BCUT2D eigenvalue weighted by Gasteiger charge is -2.34. The lowest BCUT2D eigenvalue weighted by atomic mass is 10.1. The molecule has 8 heteroatoms. The van der Waals surface area contributed by atoms with Crippen molar-refractivity contribution in [3.8, 4) is 0 Å². The summed E-state index contributed by atoms with van der Waals surface area (Å²) < 4.78 is 5.95. The van der Waals surface area contributed by atoms with Crippen molar-refractivity contribution in [3.63, 3.8) is 0 Å². The number of pyridine rings is 1. The van der Waals surface area contributed by atoms with Gasteiger partial charge >= 0.3 is 0 Å². The van der Waals surface area contributed by atoms with E-state index in [4.69, 9.17) is 27.6 Å². The van der Waals surface area contributed by atoms with Crippen molar-refractivity contribution < 1.29 is 9.21 Å². The van der Waals surface area contributed by atoms with E-state index in [1.165, 1.54) is 0 Å². The highest BCUT2D eigenvalue weighted by Gasteiger charge is 2.61. The number of allylic oxidation sites excluding steroid dienone is 1. The van der Waals surface area contributed by atoms with Crippen molar-refractivity contribution in [2.45, 2.75) is 13.8 Å². The topological polar surface area (TPSA) is 62.5 Å². The first-order chi connectivity index (χ1) is 12.4. The van der Waals surface area contributed by atoms with Gasteiger partial charge in [-0.05, 0) is 29.5 Å². The summed E-state index contributed by atoms with van der Waals surface area (Å²) in [7, 11) is 0. The molecule has 2 aromatic heterocycles. The molecule has 1 saturated carbocycles. The van der Waals surface area contributed by atoms with Crippen LogP contribution in [0.4, 0.5) is 6.01 Å². The molecule has 2 aromatic rings. The third-order valence-corrected chi connectivity index (χ3v) is 5.75. The van der Waals surface area contributed by atoms with Gasteiger partial charge in [0.15, 0.2) is 0 Å². The fraction of sp³-hybridized carbons (Fsp3) is 0.500. The summed E-state index contributed by atoms with van der Waals surface area (Å²) in [6, 6.07) is 4.27. The second-order valence-corrected chi connectivity index (χ2v) is 8.43. The van der Waals surface area contributed by atoms with E-state index in [9.17, 15) is 4.79 Å². The predicted octanol–water partition coefficient (Wildman–Crippen LogP) is 3.46. The van der Waals surface area contributed by atoms with Gasteiger partial charge in [0.2, 0.25) is 11.6 Å². The van der Waals surface area contributed by atoms with Crippen molar-refractivity contribution in [1.29, 1.82) is 0 Å². The standard InChI is InChI=1S/C18H20Cl2N4O2/c1-18(2)11(10-13(19)20)14(18)16(25)23-6-8-24(9-7-23)17-22-12-4-3-5-21-15(12)26-17/h3-5,10-11,14H,6-9H2,1-2H3/t11-,14-/m1/s1. The Hall–Kier alpha value is -1.79. The number of fused-ring (bicyclic) bond motifs is 1. The normalized spacial score (nSPS) is 24.6. The fourth-order valence-corrected chi connectivity index (χ4v) is 4.08. The van der Waals surface area contributed by atoms with Gasteiger partial charge in [0.1, 0.15) is 10.0 Å². The molecular weight excluding hydrogens is 375 g/mol. The van der Waals surface area contributed by atoms with Crippen molar-refractivity contribution in [2.24, 2.45) is 17.3 Å². The molecule has 6 nitrogen and oxygen atoms in total. The third-order valence-electron chi connectivity index (χ3n) is 5.50. The Bertz CT molecular complexity index is 834. The van der Waals surface area contributed by atoms with E-state index >= 15 is 0 Å². The summed E-state index contributed by atoms with van der Waals surface area (Å²) >= 11 is 11.6. The number of nitrogens with zero attached hydrogens (tertiary/aromatic N) is 4. The molecule has 2 fully saturated rings. The van der Waals surface area contributed by atoms with Crippen LogP contribution in [0.2, 0.25) is 0 Å². The summed E-state index contributed by atoms with van der Waals surface area (Å²) in [5.74, 6) is 0.209. The minimum Gasteiger partial charge on any atom is -0.404 e. The molecule has 26 heavy (non-hydrogen) atoms. The van der Waals surface area contributed by atoms with Gasteiger partial charge in [-0.15, -0.1) is 0 Å². The van der Waals surface area contributed by atoms with Gasteiger partial charge in [0.05, 0.1) is 5.92 Å². The molecule has 1 saturated heterocycles. The van der Waals surface area contributed by atoms with Crippen LogP contribution >= 0.6 is 23.2 Å². The minimum absolute atomic E-state index is 0.0601. The van der Waals surface area contributed by atoms with Gasteiger partial charge in [-0.1, -0.05) is 37.0 Å². The number of hydrogen-bond acceptors (Lipinski definition) is 5. The Morgan fingerprint density at radius 3 is 2.69 bits per heavy atom. The fourth-order valence-electron chi connectivity index (χ4n) is 3.80. The Labute approximate surface area is 161 Å². The first kappa shape index (κ1) is 17.6. The number of amides is 1. The van der Waals surface area contributed by atoms with Gasteiger partial charge in [-0.2, -0.15) is 4.98 Å². The second-order valence-electron chi connectivity index (χ2n) is 7.42. The summed E-state index contributed by atoms with van der Waals surface area (Å²) in [6.07, 6.45) is 3.47. The zero-order chi connectivity index (χ0) is 18.5. The molecule has 4 rings (SSSR count). The predicted molar refractivity (Wildman–Crippen MR) is 101 cm³/mol. The number of carbonyl (C=O) groups is 1. The van der Waals surface area contributed by atoms with E-state index in [1.54, 1.807) is 12.3 Å². The maximum Gasteiger partial charge on any atom is 0.299 e. The van der Waals surface area contributed by atoms with Crippen LogP contribution in [0, 0.1) is 17.3 Å². The number of hydrogen-bond donors (Lipinski definition) is 0. The van der Waals surface area contributed by atoms with Crippen molar-refractivity contribution in [3.05, 3.63) is 28.9 Å². The first-order valence-corrected chi connectivity index (χ1v) is 9.41. The highest BCUT2D eigenvalue weighted by molar-refractivity contribution is 6.55. The van der Waals surface area contributed by atoms with Crippen LogP contribution < -0.4 is 4.90 Å². The molecule has 0 unspecified atom stereocenters. The molecule has 138 valence electrons. The van der Waals surface area contributed by atoms with Gasteiger partial charge < -0.3 is 14.2 Å². The van der Waals surface area contributed by atoms with Crippen LogP contribution in [-0.4, -0.2) is 47.0 Å². The molecule has 2 aliphatic rings. The first-order valence-electron chi connectivity index (χ1n) is 8.66. The molecule has 2 atom stereocenters. The van der Waals surface area contributed by atoms with Crippen molar-refractivity contribution in [1.82, 2.24) is 14.9 Å². The quantitative estimate of drug-likeness (QED) is 0.797. The highest BCUT2D eigenvalue weighted by atomic mass is 35.5. The highest BCUT2D eigenvalue weighted by Crippen LogP contribution is 2.60. The zero-order valence-corrected chi connectivity index (χ0v) is 16.2. The number of rotatable bonds is 3. The van der Waals surface area contributed by atoms with Crippen LogP contribution in [-0.2, 0) is 4.79 Å². The number of halogens is 2. The van der Waals surface area contributed by atoms with Gasteiger partial charge in [0, 0.05) is 32.4 Å². The monoisotopic (exact) mass is 394 g/mol. The second kappa shape index (κ2) is 6.43. The Balaban J connectivity index is 1.40. The Morgan fingerprint density at radius 2 is 2.04 bits per heavy atom. The minimum atomic E-state index is -0.102. The Kier molecular flexibility index (Phi) is 4.35. The average molecular weight is 395 g/mol. The van der Waals surface area contributed by atoms with E-state index in [0.717, 1.165) is 5.52 Å². The van der Waals surface area contributed by atoms with Crippen LogP contribution in [0.1, 0.15) is 13.8 Å². The smallest absolute Gasteiger partial charge is 0.299 e. The van der Waals surface area contributed by atoms with Gasteiger partial charge in [-0.3, -0.25) is 4.79 Å². The van der Waals surface area contributed by atoms with Crippen LogP contribution in [0.25, 0.3) is 11.2 Å².